The average molecular weight is 237 g/mol. The zero-order valence-corrected chi connectivity index (χ0v) is 10.6. The van der Waals surface area contributed by atoms with E-state index in [1.807, 2.05) is 0 Å². The van der Waals surface area contributed by atoms with E-state index in [4.69, 9.17) is 4.74 Å². The first-order chi connectivity index (χ1) is 8.24. The van der Waals surface area contributed by atoms with E-state index >= 15 is 0 Å². The predicted molar refractivity (Wildman–Crippen MR) is 66.9 cm³/mol. The fourth-order valence-electron chi connectivity index (χ4n) is 2.31. The second-order valence-corrected chi connectivity index (χ2v) is 4.57. The highest BCUT2D eigenvalue weighted by Gasteiger charge is 2.23. The molecule has 0 spiro atoms. The van der Waals surface area contributed by atoms with Crippen LogP contribution in [-0.2, 0) is 6.42 Å². The molecule has 1 atom stereocenters. The normalized spacial score (nSPS) is 18.9. The molecule has 0 amide bonds. The van der Waals surface area contributed by atoms with E-state index in [1.54, 1.807) is 6.07 Å². The monoisotopic (exact) mass is 237 g/mol. The van der Waals surface area contributed by atoms with Gasteiger partial charge < -0.3 is 10.1 Å². The summed E-state index contributed by atoms with van der Waals surface area (Å²) in [6, 6.07) is 3.46. The molecule has 17 heavy (non-hydrogen) atoms. The van der Waals surface area contributed by atoms with Crippen LogP contribution in [0.25, 0.3) is 0 Å². The number of hydrogen-bond donors (Lipinski definition) is 1. The second-order valence-electron chi connectivity index (χ2n) is 4.57. The molecule has 1 aromatic carbocycles. The highest BCUT2D eigenvalue weighted by Crippen LogP contribution is 2.33. The Bertz CT molecular complexity index is 392. The Hall–Kier alpha value is -1.09. The molecule has 1 aliphatic heterocycles. The molecule has 2 nitrogen and oxygen atoms in total. The van der Waals surface area contributed by atoms with Gasteiger partial charge in [-0.15, -0.1) is 0 Å². The van der Waals surface area contributed by atoms with Gasteiger partial charge in [0.05, 0.1) is 6.61 Å². The Morgan fingerprint density at radius 1 is 1.47 bits per heavy atom. The van der Waals surface area contributed by atoms with E-state index in [9.17, 15) is 4.39 Å². The number of fused-ring (bicyclic) bond motifs is 1. The molecule has 1 heterocycles. The van der Waals surface area contributed by atoms with E-state index in [2.05, 4.69) is 19.2 Å². The van der Waals surface area contributed by atoms with Gasteiger partial charge in [-0.25, -0.2) is 4.39 Å². The highest BCUT2D eigenvalue weighted by molar-refractivity contribution is 5.44. The number of benzene rings is 1. The zero-order chi connectivity index (χ0) is 12.3. The van der Waals surface area contributed by atoms with Crippen molar-refractivity contribution in [1.29, 1.82) is 0 Å². The molecular formula is C14H20FNO. The molecule has 94 valence electrons. The van der Waals surface area contributed by atoms with Gasteiger partial charge in [0.2, 0.25) is 0 Å². The third-order valence-electron chi connectivity index (χ3n) is 3.27. The summed E-state index contributed by atoms with van der Waals surface area (Å²) in [5, 5.41) is 3.35. The van der Waals surface area contributed by atoms with Crippen molar-refractivity contribution in [2.24, 2.45) is 0 Å². The van der Waals surface area contributed by atoms with Crippen molar-refractivity contribution in [2.45, 2.75) is 39.2 Å². The molecule has 2 rings (SSSR count). The van der Waals surface area contributed by atoms with Gasteiger partial charge in [-0.3, -0.25) is 0 Å². The van der Waals surface area contributed by atoms with Crippen LogP contribution in [0.5, 0.6) is 5.75 Å². The van der Waals surface area contributed by atoms with Crippen LogP contribution in [0.3, 0.4) is 0 Å². The summed E-state index contributed by atoms with van der Waals surface area (Å²) in [4.78, 5) is 0. The summed E-state index contributed by atoms with van der Waals surface area (Å²) in [6.07, 6.45) is 2.89. The van der Waals surface area contributed by atoms with Crippen LogP contribution in [-0.4, -0.2) is 13.2 Å². The summed E-state index contributed by atoms with van der Waals surface area (Å²) in [7, 11) is 0. The zero-order valence-electron chi connectivity index (χ0n) is 10.6. The number of halogens is 1. The van der Waals surface area contributed by atoms with Crippen LogP contribution >= 0.6 is 0 Å². The summed E-state index contributed by atoms with van der Waals surface area (Å²) < 4.78 is 19.5. The number of unbranched alkanes of at least 4 members (excludes halogenated alkanes) is 1. The fraction of sp³-hybridized carbons (Fsp3) is 0.571. The molecule has 0 aliphatic carbocycles. The van der Waals surface area contributed by atoms with Crippen LogP contribution in [0.1, 0.15) is 43.9 Å². The molecule has 0 aromatic heterocycles. The third-order valence-corrected chi connectivity index (χ3v) is 3.27. The van der Waals surface area contributed by atoms with Gasteiger partial charge >= 0.3 is 0 Å². The SMILES string of the molecule is CCCCOc1ccc(F)c2c1C(C)NCC2. The van der Waals surface area contributed by atoms with Gasteiger partial charge in [0.1, 0.15) is 11.6 Å². The van der Waals surface area contributed by atoms with Gasteiger partial charge in [-0.2, -0.15) is 0 Å². The molecule has 1 unspecified atom stereocenters. The van der Waals surface area contributed by atoms with E-state index in [0.29, 0.717) is 6.61 Å². The van der Waals surface area contributed by atoms with E-state index in [-0.39, 0.29) is 11.9 Å². The molecule has 0 fully saturated rings. The lowest BCUT2D eigenvalue weighted by atomic mass is 9.94. The first kappa shape index (κ1) is 12.4. The molecule has 0 bridgehead atoms. The minimum Gasteiger partial charge on any atom is -0.493 e. The molecule has 1 aliphatic rings. The molecular weight excluding hydrogens is 217 g/mol. The Morgan fingerprint density at radius 2 is 2.29 bits per heavy atom. The first-order valence-corrected chi connectivity index (χ1v) is 6.41. The van der Waals surface area contributed by atoms with Crippen LogP contribution in [0, 0.1) is 5.82 Å². The van der Waals surface area contributed by atoms with Gasteiger partial charge in [-0.1, -0.05) is 13.3 Å². The van der Waals surface area contributed by atoms with Crippen molar-refractivity contribution in [1.82, 2.24) is 5.32 Å². The van der Waals surface area contributed by atoms with Crippen molar-refractivity contribution in [3.63, 3.8) is 0 Å². The quantitative estimate of drug-likeness (QED) is 0.812. The Labute approximate surface area is 102 Å². The maximum Gasteiger partial charge on any atom is 0.127 e. The van der Waals surface area contributed by atoms with E-state index < -0.39 is 0 Å². The van der Waals surface area contributed by atoms with E-state index in [1.165, 1.54) is 6.07 Å². The Morgan fingerprint density at radius 3 is 3.06 bits per heavy atom. The van der Waals surface area contributed by atoms with Crippen molar-refractivity contribution in [3.8, 4) is 5.75 Å². The Balaban J connectivity index is 2.26. The van der Waals surface area contributed by atoms with E-state index in [0.717, 1.165) is 42.7 Å². The predicted octanol–water partition coefficient (Wildman–Crippen LogP) is 3.21. The summed E-state index contributed by atoms with van der Waals surface area (Å²) in [5.74, 6) is 0.741. The molecule has 0 saturated heterocycles. The average Bonchev–Trinajstić information content (AvgIpc) is 2.33. The third kappa shape index (κ3) is 2.60. The lowest BCUT2D eigenvalue weighted by Crippen LogP contribution is -2.29. The number of ether oxygens (including phenoxy) is 1. The van der Waals surface area contributed by atoms with Crippen LogP contribution < -0.4 is 10.1 Å². The summed E-state index contributed by atoms with van der Waals surface area (Å²) >= 11 is 0. The number of rotatable bonds is 4. The van der Waals surface area contributed by atoms with Crippen LogP contribution in [0.4, 0.5) is 4.39 Å². The summed E-state index contributed by atoms with van der Waals surface area (Å²) in [6.45, 7) is 5.74. The van der Waals surface area contributed by atoms with Gasteiger partial charge in [0, 0.05) is 11.6 Å². The minimum atomic E-state index is -0.101. The molecule has 0 radical (unpaired) electrons. The van der Waals surface area contributed by atoms with Crippen LogP contribution in [0.2, 0.25) is 0 Å². The first-order valence-electron chi connectivity index (χ1n) is 6.41. The number of nitrogens with one attached hydrogen (secondary N) is 1. The van der Waals surface area contributed by atoms with Gasteiger partial charge in [0.15, 0.2) is 0 Å². The maximum absolute atomic E-state index is 13.7. The molecule has 3 heteroatoms. The fourth-order valence-corrected chi connectivity index (χ4v) is 2.31. The minimum absolute atomic E-state index is 0.101. The van der Waals surface area contributed by atoms with Crippen molar-refractivity contribution in [2.75, 3.05) is 13.2 Å². The second kappa shape index (κ2) is 5.50. The van der Waals surface area contributed by atoms with Gasteiger partial charge in [-0.05, 0) is 44.0 Å². The largest absolute Gasteiger partial charge is 0.493 e. The summed E-state index contributed by atoms with van der Waals surface area (Å²) in [5.41, 5.74) is 1.83. The van der Waals surface area contributed by atoms with Crippen molar-refractivity contribution in [3.05, 3.63) is 29.1 Å². The lowest BCUT2D eigenvalue weighted by molar-refractivity contribution is 0.300. The maximum atomic E-state index is 13.7. The highest BCUT2D eigenvalue weighted by atomic mass is 19.1. The number of hydrogen-bond acceptors (Lipinski definition) is 2. The lowest BCUT2D eigenvalue weighted by Gasteiger charge is -2.26. The van der Waals surface area contributed by atoms with Crippen molar-refractivity contribution >= 4 is 0 Å². The van der Waals surface area contributed by atoms with Crippen LogP contribution in [0.15, 0.2) is 12.1 Å². The molecule has 1 aromatic rings. The Kier molecular flexibility index (Phi) is 4.00. The standard InChI is InChI=1S/C14H20FNO/c1-3-4-9-17-13-6-5-12(15)11-7-8-16-10(2)14(11)13/h5-6,10,16H,3-4,7-9H2,1-2H3. The van der Waals surface area contributed by atoms with Gasteiger partial charge in [0.25, 0.3) is 0 Å². The van der Waals surface area contributed by atoms with Crippen molar-refractivity contribution < 1.29 is 9.13 Å². The molecule has 0 saturated carbocycles. The topological polar surface area (TPSA) is 21.3 Å². The molecule has 1 N–H and O–H groups in total. The smallest absolute Gasteiger partial charge is 0.127 e.